The molecule has 0 saturated heterocycles. The van der Waals surface area contributed by atoms with Gasteiger partial charge < -0.3 is 5.32 Å². The third-order valence-corrected chi connectivity index (χ3v) is 4.84. The Morgan fingerprint density at radius 3 is 2.65 bits per heavy atom. The van der Waals surface area contributed by atoms with Gasteiger partial charge in [0, 0.05) is 22.1 Å². The molecule has 1 aliphatic carbocycles. The van der Waals surface area contributed by atoms with Crippen molar-refractivity contribution < 1.29 is 4.79 Å². The number of nitrogens with one attached hydrogen (secondary N) is 1. The zero-order chi connectivity index (χ0) is 14.3. The molecule has 2 aromatic rings. The summed E-state index contributed by atoms with van der Waals surface area (Å²) in [6.07, 6.45) is 0.994. The third-order valence-electron chi connectivity index (χ3n) is 3.72. The molecule has 20 heavy (non-hydrogen) atoms. The molecule has 1 amide bonds. The summed E-state index contributed by atoms with van der Waals surface area (Å²) in [5.74, 6) is 0.807. The van der Waals surface area contributed by atoms with Crippen LogP contribution in [0.3, 0.4) is 0 Å². The molecular formula is C15H15ClN2OS. The number of carbonyl (C=O) groups is 1. The fraction of sp³-hybridized carbons (Fsp3) is 0.333. The predicted octanol–water partition coefficient (Wildman–Crippen LogP) is 4.37. The quantitative estimate of drug-likeness (QED) is 0.915. The number of hydrogen-bond donors (Lipinski definition) is 1. The van der Waals surface area contributed by atoms with Crippen molar-refractivity contribution in [3.63, 3.8) is 0 Å². The molecule has 1 heterocycles. The number of carbonyl (C=O) groups excluding carboxylic acids is 1. The van der Waals surface area contributed by atoms with E-state index in [1.807, 2.05) is 31.2 Å². The topological polar surface area (TPSA) is 42.0 Å². The van der Waals surface area contributed by atoms with Crippen LogP contribution in [0.5, 0.6) is 0 Å². The van der Waals surface area contributed by atoms with Gasteiger partial charge in [-0.25, -0.2) is 0 Å². The maximum absolute atomic E-state index is 12.0. The minimum Gasteiger partial charge on any atom is -0.316 e. The van der Waals surface area contributed by atoms with Gasteiger partial charge in [0.2, 0.25) is 5.91 Å². The standard InChI is InChI=1S/C15H15ClN2OS/c1-8-7-12(8)14(19)17-15-9(2)13(18-20-15)10-3-5-11(16)6-4-10/h3-6,8,12H,7H2,1-2H3,(H,17,19)/t8-,12-/m1/s1. The lowest BCUT2D eigenvalue weighted by Crippen LogP contribution is -2.14. The normalized spacial score (nSPS) is 20.8. The van der Waals surface area contributed by atoms with E-state index in [2.05, 4.69) is 16.6 Å². The molecule has 0 unspecified atom stereocenters. The summed E-state index contributed by atoms with van der Waals surface area (Å²) in [7, 11) is 0. The summed E-state index contributed by atoms with van der Waals surface area (Å²) in [5.41, 5.74) is 2.94. The summed E-state index contributed by atoms with van der Waals surface area (Å²) in [6, 6.07) is 7.58. The molecule has 0 spiro atoms. The summed E-state index contributed by atoms with van der Waals surface area (Å²) >= 11 is 7.23. The monoisotopic (exact) mass is 306 g/mol. The van der Waals surface area contributed by atoms with E-state index in [1.165, 1.54) is 11.5 Å². The molecule has 3 rings (SSSR count). The maximum Gasteiger partial charge on any atom is 0.228 e. The van der Waals surface area contributed by atoms with Gasteiger partial charge in [0.15, 0.2) is 0 Å². The Hall–Kier alpha value is -1.39. The summed E-state index contributed by atoms with van der Waals surface area (Å²) in [6.45, 7) is 4.09. The Morgan fingerprint density at radius 1 is 1.40 bits per heavy atom. The second-order valence-electron chi connectivity index (χ2n) is 5.30. The first-order valence-electron chi connectivity index (χ1n) is 6.59. The molecule has 5 heteroatoms. The Labute approximate surface area is 127 Å². The van der Waals surface area contributed by atoms with E-state index in [0.717, 1.165) is 28.2 Å². The molecule has 1 N–H and O–H groups in total. The number of halogens is 1. The van der Waals surface area contributed by atoms with Crippen molar-refractivity contribution in [3.05, 3.63) is 34.9 Å². The average molecular weight is 307 g/mol. The number of benzene rings is 1. The van der Waals surface area contributed by atoms with Gasteiger partial charge in [-0.1, -0.05) is 30.7 Å². The van der Waals surface area contributed by atoms with Gasteiger partial charge >= 0.3 is 0 Å². The molecule has 0 aliphatic heterocycles. The SMILES string of the molecule is Cc1c(-c2ccc(Cl)cc2)nsc1NC(=O)[C@@H]1C[C@H]1C. The third kappa shape index (κ3) is 2.58. The number of anilines is 1. The minimum absolute atomic E-state index is 0.118. The summed E-state index contributed by atoms with van der Waals surface area (Å²) in [4.78, 5) is 12.0. The molecule has 1 saturated carbocycles. The van der Waals surface area contributed by atoms with Crippen LogP contribution in [0.2, 0.25) is 5.02 Å². The largest absolute Gasteiger partial charge is 0.316 e. The molecule has 1 fully saturated rings. The molecule has 104 valence electrons. The van der Waals surface area contributed by atoms with Crippen LogP contribution in [0, 0.1) is 18.8 Å². The molecule has 1 aromatic carbocycles. The maximum atomic E-state index is 12.0. The van der Waals surface area contributed by atoms with Crippen molar-refractivity contribution in [2.24, 2.45) is 11.8 Å². The van der Waals surface area contributed by atoms with Crippen molar-refractivity contribution in [3.8, 4) is 11.3 Å². The van der Waals surface area contributed by atoms with E-state index < -0.39 is 0 Å². The van der Waals surface area contributed by atoms with E-state index in [-0.39, 0.29) is 11.8 Å². The number of hydrogen-bond acceptors (Lipinski definition) is 3. The van der Waals surface area contributed by atoms with Crippen LogP contribution in [0.25, 0.3) is 11.3 Å². The van der Waals surface area contributed by atoms with Crippen LogP contribution in [0.4, 0.5) is 5.00 Å². The van der Waals surface area contributed by atoms with Gasteiger partial charge in [-0.2, -0.15) is 4.37 Å². The van der Waals surface area contributed by atoms with Gasteiger partial charge in [0.05, 0.1) is 5.69 Å². The van der Waals surface area contributed by atoms with Gasteiger partial charge in [0.25, 0.3) is 0 Å². The van der Waals surface area contributed by atoms with Crippen LogP contribution >= 0.6 is 23.1 Å². The predicted molar refractivity (Wildman–Crippen MR) is 83.2 cm³/mol. The highest BCUT2D eigenvalue weighted by Gasteiger charge is 2.39. The first kappa shape index (κ1) is 13.6. The van der Waals surface area contributed by atoms with Crippen LogP contribution in [-0.2, 0) is 4.79 Å². The molecule has 0 bridgehead atoms. The van der Waals surface area contributed by atoms with Crippen LogP contribution < -0.4 is 5.32 Å². The second-order valence-corrected chi connectivity index (χ2v) is 6.51. The first-order chi connectivity index (χ1) is 9.56. The Balaban J connectivity index is 1.81. The first-order valence-corrected chi connectivity index (χ1v) is 7.74. The lowest BCUT2D eigenvalue weighted by molar-refractivity contribution is -0.117. The highest BCUT2D eigenvalue weighted by molar-refractivity contribution is 7.10. The van der Waals surface area contributed by atoms with E-state index in [1.54, 1.807) is 0 Å². The van der Waals surface area contributed by atoms with E-state index in [9.17, 15) is 4.79 Å². The average Bonchev–Trinajstić information content (AvgIpc) is 3.06. The van der Waals surface area contributed by atoms with Crippen LogP contribution in [-0.4, -0.2) is 10.3 Å². The number of rotatable bonds is 3. The smallest absolute Gasteiger partial charge is 0.228 e. The van der Waals surface area contributed by atoms with Gasteiger partial charge in [0.1, 0.15) is 5.00 Å². The van der Waals surface area contributed by atoms with Gasteiger partial charge in [-0.05, 0) is 42.9 Å². The minimum atomic E-state index is 0.118. The van der Waals surface area contributed by atoms with Crippen molar-refractivity contribution in [1.82, 2.24) is 4.37 Å². The van der Waals surface area contributed by atoms with E-state index >= 15 is 0 Å². The Morgan fingerprint density at radius 2 is 2.05 bits per heavy atom. The Bertz CT molecular complexity index is 650. The van der Waals surface area contributed by atoms with Crippen molar-refractivity contribution >= 4 is 34.0 Å². The second kappa shape index (κ2) is 5.19. The van der Waals surface area contributed by atoms with Gasteiger partial charge in [-0.15, -0.1) is 0 Å². The number of aromatic nitrogens is 1. The van der Waals surface area contributed by atoms with E-state index in [4.69, 9.17) is 11.6 Å². The Kier molecular flexibility index (Phi) is 3.52. The fourth-order valence-electron chi connectivity index (χ4n) is 2.22. The van der Waals surface area contributed by atoms with Crippen molar-refractivity contribution in [2.75, 3.05) is 5.32 Å². The molecular weight excluding hydrogens is 292 g/mol. The molecule has 1 aliphatic rings. The highest BCUT2D eigenvalue weighted by Crippen LogP contribution is 2.39. The van der Waals surface area contributed by atoms with Crippen LogP contribution in [0.15, 0.2) is 24.3 Å². The molecule has 1 aromatic heterocycles. The molecule has 2 atom stereocenters. The number of nitrogens with zero attached hydrogens (tertiary/aromatic N) is 1. The lowest BCUT2D eigenvalue weighted by Gasteiger charge is -2.03. The van der Waals surface area contributed by atoms with Crippen molar-refractivity contribution in [2.45, 2.75) is 20.3 Å². The zero-order valence-corrected chi connectivity index (χ0v) is 12.9. The highest BCUT2D eigenvalue weighted by atomic mass is 35.5. The molecule has 3 nitrogen and oxygen atoms in total. The van der Waals surface area contributed by atoms with Gasteiger partial charge in [-0.3, -0.25) is 4.79 Å². The molecule has 0 radical (unpaired) electrons. The number of amides is 1. The van der Waals surface area contributed by atoms with Crippen LogP contribution in [0.1, 0.15) is 18.9 Å². The summed E-state index contributed by atoms with van der Waals surface area (Å²) < 4.78 is 4.45. The lowest BCUT2D eigenvalue weighted by atomic mass is 10.1. The zero-order valence-electron chi connectivity index (χ0n) is 11.3. The van der Waals surface area contributed by atoms with Crippen molar-refractivity contribution in [1.29, 1.82) is 0 Å². The van der Waals surface area contributed by atoms with E-state index in [0.29, 0.717) is 10.9 Å². The fourth-order valence-corrected chi connectivity index (χ4v) is 3.15. The summed E-state index contributed by atoms with van der Waals surface area (Å²) in [5, 5.41) is 4.55.